The highest BCUT2D eigenvalue weighted by atomic mass is 16.5. The predicted octanol–water partition coefficient (Wildman–Crippen LogP) is 6.28. The number of ether oxygens (including phenoxy) is 7. The molecule has 7 nitrogen and oxygen atoms in total. The Morgan fingerprint density at radius 1 is 0.647 bits per heavy atom. The molecule has 1 fully saturated rings. The summed E-state index contributed by atoms with van der Waals surface area (Å²) in [6.07, 6.45) is 6.11. The molecule has 1 heterocycles. The van der Waals surface area contributed by atoms with E-state index in [1.807, 2.05) is 24.3 Å². The van der Waals surface area contributed by atoms with E-state index < -0.39 is 0 Å². The van der Waals surface area contributed by atoms with E-state index in [0.29, 0.717) is 41.1 Å². The number of rotatable bonds is 13. The van der Waals surface area contributed by atoms with Crippen molar-refractivity contribution in [2.45, 2.75) is 57.7 Å². The monoisotopic (exact) mass is 474 g/mol. The van der Waals surface area contributed by atoms with E-state index in [0.717, 1.165) is 36.8 Å². The van der Waals surface area contributed by atoms with E-state index in [9.17, 15) is 0 Å². The van der Waals surface area contributed by atoms with Crippen molar-refractivity contribution < 1.29 is 33.2 Å². The third-order valence-electron chi connectivity index (χ3n) is 6.17. The highest BCUT2D eigenvalue weighted by Crippen LogP contribution is 2.48. The van der Waals surface area contributed by atoms with Gasteiger partial charge in [0.1, 0.15) is 0 Å². The Kier molecular flexibility index (Phi) is 9.57. The van der Waals surface area contributed by atoms with Crippen molar-refractivity contribution in [3.8, 4) is 34.5 Å². The maximum Gasteiger partial charge on any atom is 0.203 e. The van der Waals surface area contributed by atoms with E-state index >= 15 is 0 Å². The second kappa shape index (κ2) is 12.6. The lowest BCUT2D eigenvalue weighted by Gasteiger charge is -2.20. The average molecular weight is 475 g/mol. The molecular weight excluding hydrogens is 436 g/mol. The van der Waals surface area contributed by atoms with Crippen LogP contribution in [0.5, 0.6) is 34.5 Å². The molecule has 34 heavy (non-hydrogen) atoms. The van der Waals surface area contributed by atoms with Crippen LogP contribution in [0.2, 0.25) is 0 Å². The summed E-state index contributed by atoms with van der Waals surface area (Å²) in [4.78, 5) is 0. The first kappa shape index (κ1) is 25.8. The van der Waals surface area contributed by atoms with E-state index in [-0.39, 0.29) is 12.2 Å². The van der Waals surface area contributed by atoms with Gasteiger partial charge in [-0.05, 0) is 54.7 Å². The van der Waals surface area contributed by atoms with Crippen molar-refractivity contribution in [3.05, 3.63) is 35.4 Å². The average Bonchev–Trinajstić information content (AvgIpc) is 3.37. The zero-order valence-corrected chi connectivity index (χ0v) is 21.3. The van der Waals surface area contributed by atoms with Gasteiger partial charge in [-0.15, -0.1) is 0 Å². The van der Waals surface area contributed by atoms with Crippen molar-refractivity contribution in [3.63, 3.8) is 0 Å². The van der Waals surface area contributed by atoms with Gasteiger partial charge in [0.05, 0.1) is 54.4 Å². The van der Waals surface area contributed by atoms with Crippen molar-refractivity contribution in [1.82, 2.24) is 0 Å². The van der Waals surface area contributed by atoms with Crippen molar-refractivity contribution in [2.24, 2.45) is 0 Å². The Hall–Kier alpha value is -2.80. The minimum atomic E-state index is -0.0924. The first-order valence-electron chi connectivity index (χ1n) is 11.9. The molecule has 0 bridgehead atoms. The van der Waals surface area contributed by atoms with Crippen LogP contribution in [0.25, 0.3) is 0 Å². The van der Waals surface area contributed by atoms with Crippen molar-refractivity contribution >= 4 is 0 Å². The number of methoxy groups -OCH3 is 5. The van der Waals surface area contributed by atoms with Gasteiger partial charge in [0.15, 0.2) is 23.0 Å². The summed E-state index contributed by atoms with van der Waals surface area (Å²) >= 11 is 0. The second-order valence-electron chi connectivity index (χ2n) is 8.31. The van der Waals surface area contributed by atoms with Crippen LogP contribution in [0.3, 0.4) is 0 Å². The van der Waals surface area contributed by atoms with E-state index in [2.05, 4.69) is 6.92 Å². The van der Waals surface area contributed by atoms with E-state index in [1.165, 1.54) is 12.8 Å². The molecule has 0 unspecified atom stereocenters. The quantitative estimate of drug-likeness (QED) is 0.317. The lowest BCUT2D eigenvalue weighted by Crippen LogP contribution is -2.05. The molecule has 1 saturated heterocycles. The molecule has 0 amide bonds. The van der Waals surface area contributed by atoms with Gasteiger partial charge < -0.3 is 33.2 Å². The van der Waals surface area contributed by atoms with Crippen LogP contribution in [-0.2, 0) is 4.74 Å². The summed E-state index contributed by atoms with van der Waals surface area (Å²) in [5.41, 5.74) is 2.00. The summed E-state index contributed by atoms with van der Waals surface area (Å²) in [7, 11) is 8.11. The second-order valence-corrected chi connectivity index (χ2v) is 8.31. The summed E-state index contributed by atoms with van der Waals surface area (Å²) in [6.45, 7) is 2.84. The number of unbranched alkanes of at least 4 members (excludes halogenated alkanes) is 3. The standard InChI is InChI=1S/C27H38O7/c1-7-8-9-10-13-33-25-17-19(16-24(30-4)27(25)32-6)21-12-11-20(34-21)18-14-22(28-2)26(31-5)23(15-18)29-3/h14-17,20-21H,7-13H2,1-6H3/t20-,21-/m1/s1. The molecule has 0 saturated carbocycles. The molecule has 0 radical (unpaired) electrons. The Morgan fingerprint density at radius 3 is 1.56 bits per heavy atom. The number of hydrogen-bond donors (Lipinski definition) is 0. The van der Waals surface area contributed by atoms with Gasteiger partial charge >= 0.3 is 0 Å². The third kappa shape index (κ3) is 5.81. The highest BCUT2D eigenvalue weighted by molar-refractivity contribution is 5.55. The fourth-order valence-electron chi connectivity index (χ4n) is 4.37. The normalized spacial score (nSPS) is 17.4. The molecule has 0 aromatic heterocycles. The van der Waals surface area contributed by atoms with Gasteiger partial charge in [-0.2, -0.15) is 0 Å². The van der Waals surface area contributed by atoms with Crippen molar-refractivity contribution in [1.29, 1.82) is 0 Å². The van der Waals surface area contributed by atoms with Crippen LogP contribution in [0, 0.1) is 0 Å². The molecule has 1 aliphatic heterocycles. The summed E-state index contributed by atoms with van der Waals surface area (Å²) in [6, 6.07) is 7.90. The molecule has 188 valence electrons. The molecule has 0 aliphatic carbocycles. The maximum absolute atomic E-state index is 6.49. The minimum Gasteiger partial charge on any atom is -0.493 e. The molecule has 2 atom stereocenters. The van der Waals surface area contributed by atoms with Crippen LogP contribution in [0.4, 0.5) is 0 Å². The van der Waals surface area contributed by atoms with Gasteiger partial charge in [0.2, 0.25) is 11.5 Å². The fraction of sp³-hybridized carbons (Fsp3) is 0.556. The van der Waals surface area contributed by atoms with Gasteiger partial charge in [-0.3, -0.25) is 0 Å². The highest BCUT2D eigenvalue weighted by Gasteiger charge is 2.31. The van der Waals surface area contributed by atoms with Crippen LogP contribution in [0.1, 0.15) is 68.8 Å². The molecule has 3 rings (SSSR count). The fourth-order valence-corrected chi connectivity index (χ4v) is 4.37. The smallest absolute Gasteiger partial charge is 0.203 e. The topological polar surface area (TPSA) is 64.6 Å². The Bertz CT molecular complexity index is 902. The summed E-state index contributed by atoms with van der Waals surface area (Å²) in [5.74, 6) is 3.75. The molecule has 0 N–H and O–H groups in total. The molecule has 7 heteroatoms. The van der Waals surface area contributed by atoms with Gasteiger partial charge in [-0.25, -0.2) is 0 Å². The SMILES string of the molecule is CCCCCCOc1cc([C@H]2CC[C@H](c3cc(OC)c(OC)c(OC)c3)O2)cc(OC)c1OC. The molecule has 2 aromatic rings. The van der Waals surface area contributed by atoms with Crippen LogP contribution in [-0.4, -0.2) is 42.2 Å². The summed E-state index contributed by atoms with van der Waals surface area (Å²) < 4.78 is 40.3. The lowest BCUT2D eigenvalue weighted by atomic mass is 10.0. The van der Waals surface area contributed by atoms with Crippen LogP contribution >= 0.6 is 0 Å². The lowest BCUT2D eigenvalue weighted by molar-refractivity contribution is 0.0435. The third-order valence-corrected chi connectivity index (χ3v) is 6.17. The maximum atomic E-state index is 6.49. The zero-order chi connectivity index (χ0) is 24.5. The zero-order valence-electron chi connectivity index (χ0n) is 21.3. The van der Waals surface area contributed by atoms with Gasteiger partial charge in [0.25, 0.3) is 0 Å². The van der Waals surface area contributed by atoms with E-state index in [1.54, 1.807) is 35.5 Å². The van der Waals surface area contributed by atoms with Crippen LogP contribution < -0.4 is 28.4 Å². The molecule has 0 spiro atoms. The molecule has 1 aliphatic rings. The Balaban J connectivity index is 1.81. The largest absolute Gasteiger partial charge is 0.493 e. The van der Waals surface area contributed by atoms with Crippen LogP contribution in [0.15, 0.2) is 24.3 Å². The first-order chi connectivity index (χ1) is 16.6. The first-order valence-corrected chi connectivity index (χ1v) is 11.9. The number of hydrogen-bond acceptors (Lipinski definition) is 7. The van der Waals surface area contributed by atoms with E-state index in [4.69, 9.17) is 33.2 Å². The number of benzene rings is 2. The summed E-state index contributed by atoms with van der Waals surface area (Å²) in [5, 5.41) is 0. The van der Waals surface area contributed by atoms with Crippen molar-refractivity contribution in [2.75, 3.05) is 42.2 Å². The minimum absolute atomic E-state index is 0.0914. The van der Waals surface area contributed by atoms with Gasteiger partial charge in [0, 0.05) is 0 Å². The molecular formula is C27H38O7. The Morgan fingerprint density at radius 2 is 1.12 bits per heavy atom. The predicted molar refractivity (Wildman–Crippen MR) is 131 cm³/mol. The molecule has 2 aromatic carbocycles. The van der Waals surface area contributed by atoms with Gasteiger partial charge in [-0.1, -0.05) is 26.2 Å². The Labute approximate surface area is 203 Å².